The molecular weight excluding hydrogens is 413 g/mol. The van der Waals surface area contributed by atoms with E-state index < -0.39 is 11.7 Å². The number of aromatic nitrogens is 1. The summed E-state index contributed by atoms with van der Waals surface area (Å²) in [6.45, 7) is 0.146. The van der Waals surface area contributed by atoms with Gasteiger partial charge in [-0.05, 0) is 34.1 Å². The molecule has 0 fully saturated rings. The zero-order valence-corrected chi connectivity index (χ0v) is 14.4. The number of carbonyl (C=O) groups is 1. The van der Waals surface area contributed by atoms with Gasteiger partial charge in [-0.3, -0.25) is 4.79 Å². The van der Waals surface area contributed by atoms with Crippen LogP contribution in [0.2, 0.25) is 5.02 Å². The summed E-state index contributed by atoms with van der Waals surface area (Å²) in [5.74, 6) is -0.433. The molecule has 24 heavy (non-hydrogen) atoms. The zero-order valence-electron chi connectivity index (χ0n) is 12.0. The highest BCUT2D eigenvalue weighted by molar-refractivity contribution is 9.10. The van der Waals surface area contributed by atoms with Crippen molar-refractivity contribution in [3.8, 4) is 5.88 Å². The van der Waals surface area contributed by atoms with Crippen LogP contribution in [0.15, 0.2) is 41.0 Å². The Kier molecular flexibility index (Phi) is 6.06. The maximum Gasteiger partial charge on any atom is 0.417 e. The number of hydrogen-bond acceptors (Lipinski definition) is 3. The number of rotatable bonds is 5. The predicted molar refractivity (Wildman–Crippen MR) is 86.2 cm³/mol. The van der Waals surface area contributed by atoms with E-state index in [2.05, 4.69) is 26.2 Å². The molecule has 1 aromatic carbocycles. The summed E-state index contributed by atoms with van der Waals surface area (Å²) < 4.78 is 43.3. The topological polar surface area (TPSA) is 51.2 Å². The molecule has 0 spiro atoms. The zero-order chi connectivity index (χ0) is 17.7. The number of nitrogens with one attached hydrogen (secondary N) is 1. The van der Waals surface area contributed by atoms with E-state index in [-0.39, 0.29) is 30.0 Å². The Labute approximate surface area is 149 Å². The van der Waals surface area contributed by atoms with Gasteiger partial charge in [0.1, 0.15) is 11.6 Å². The van der Waals surface area contributed by atoms with Crippen LogP contribution in [-0.4, -0.2) is 24.0 Å². The lowest BCUT2D eigenvalue weighted by Crippen LogP contribution is -2.28. The largest absolute Gasteiger partial charge is 0.475 e. The number of hydrogen-bond donors (Lipinski definition) is 1. The van der Waals surface area contributed by atoms with Gasteiger partial charge >= 0.3 is 6.18 Å². The summed E-state index contributed by atoms with van der Waals surface area (Å²) in [5, 5.41) is 2.37. The van der Waals surface area contributed by atoms with Gasteiger partial charge in [0.15, 0.2) is 0 Å². The van der Waals surface area contributed by atoms with E-state index in [1.165, 1.54) is 0 Å². The second kappa shape index (κ2) is 7.85. The first-order valence-corrected chi connectivity index (χ1v) is 7.84. The maximum atomic E-state index is 12.5. The molecule has 0 aliphatic rings. The van der Waals surface area contributed by atoms with Crippen molar-refractivity contribution in [3.05, 3.63) is 57.2 Å². The number of benzene rings is 1. The smallest absolute Gasteiger partial charge is 0.417 e. The highest BCUT2D eigenvalue weighted by Crippen LogP contribution is 2.32. The van der Waals surface area contributed by atoms with Gasteiger partial charge in [0.2, 0.25) is 5.88 Å². The molecule has 0 saturated heterocycles. The Bertz CT molecular complexity index is 741. The lowest BCUT2D eigenvalue weighted by molar-refractivity contribution is -0.137. The minimum Gasteiger partial charge on any atom is -0.475 e. The summed E-state index contributed by atoms with van der Waals surface area (Å²) in [7, 11) is 0. The summed E-state index contributed by atoms with van der Waals surface area (Å²) >= 11 is 8.98. The fraction of sp³-hybridized carbons (Fsp3) is 0.200. The van der Waals surface area contributed by atoms with Gasteiger partial charge in [0.25, 0.3) is 5.91 Å². The van der Waals surface area contributed by atoms with Crippen LogP contribution in [0.5, 0.6) is 5.88 Å². The summed E-state index contributed by atoms with van der Waals surface area (Å²) in [6.07, 6.45) is -3.88. The third-order valence-corrected chi connectivity index (χ3v) is 3.84. The molecule has 9 heteroatoms. The maximum absolute atomic E-state index is 12.5. The molecule has 128 valence electrons. The van der Waals surface area contributed by atoms with E-state index in [0.29, 0.717) is 16.2 Å². The second-order valence-corrected chi connectivity index (χ2v) is 5.85. The second-order valence-electron chi connectivity index (χ2n) is 4.59. The van der Waals surface area contributed by atoms with Crippen molar-refractivity contribution in [2.24, 2.45) is 0 Å². The molecule has 0 bridgehead atoms. The van der Waals surface area contributed by atoms with Gasteiger partial charge in [-0.15, -0.1) is 0 Å². The van der Waals surface area contributed by atoms with E-state index in [9.17, 15) is 18.0 Å². The molecule has 0 saturated carbocycles. The lowest BCUT2D eigenvalue weighted by atomic mass is 10.2. The number of carbonyl (C=O) groups excluding carboxylic acids is 1. The highest BCUT2D eigenvalue weighted by Gasteiger charge is 2.31. The highest BCUT2D eigenvalue weighted by atomic mass is 79.9. The van der Waals surface area contributed by atoms with Crippen LogP contribution in [0.1, 0.15) is 15.9 Å². The average molecular weight is 424 g/mol. The molecule has 0 aliphatic heterocycles. The lowest BCUT2D eigenvalue weighted by Gasteiger charge is -2.11. The van der Waals surface area contributed by atoms with Crippen molar-refractivity contribution in [2.45, 2.75) is 6.18 Å². The standard InChI is InChI=1S/C15H11BrClF3N2O2/c16-11-4-2-1-3-10(11)13(23)21-5-6-24-14-12(17)7-9(8-22-14)15(18,19)20/h1-4,7-8H,5-6H2,(H,21,23). The van der Waals surface area contributed by atoms with E-state index >= 15 is 0 Å². The first-order valence-electron chi connectivity index (χ1n) is 6.67. The third kappa shape index (κ3) is 4.85. The Morgan fingerprint density at radius 1 is 1.33 bits per heavy atom. The molecule has 4 nitrogen and oxygen atoms in total. The van der Waals surface area contributed by atoms with E-state index in [1.807, 2.05) is 0 Å². The van der Waals surface area contributed by atoms with Crippen molar-refractivity contribution in [1.82, 2.24) is 10.3 Å². The Morgan fingerprint density at radius 3 is 2.67 bits per heavy atom. The molecule has 1 heterocycles. The van der Waals surface area contributed by atoms with Crippen molar-refractivity contribution in [1.29, 1.82) is 0 Å². The molecule has 2 rings (SSSR count). The van der Waals surface area contributed by atoms with Crippen LogP contribution in [0, 0.1) is 0 Å². The normalized spacial score (nSPS) is 11.2. The monoisotopic (exact) mass is 422 g/mol. The summed E-state index contributed by atoms with van der Waals surface area (Å²) in [5.41, 5.74) is -0.495. The van der Waals surface area contributed by atoms with E-state index in [1.54, 1.807) is 24.3 Å². The van der Waals surface area contributed by atoms with Crippen LogP contribution in [0.25, 0.3) is 0 Å². The average Bonchev–Trinajstić information content (AvgIpc) is 2.52. The minimum absolute atomic E-state index is 0.00821. The summed E-state index contributed by atoms with van der Waals surface area (Å²) in [6, 6.07) is 7.62. The molecule has 0 radical (unpaired) electrons. The van der Waals surface area contributed by atoms with Crippen LogP contribution < -0.4 is 10.1 Å². The Hall–Kier alpha value is -1.80. The minimum atomic E-state index is -4.52. The van der Waals surface area contributed by atoms with Crippen LogP contribution in [0.4, 0.5) is 13.2 Å². The fourth-order valence-electron chi connectivity index (χ4n) is 1.74. The molecule has 0 unspecified atom stereocenters. The van der Waals surface area contributed by atoms with Crippen LogP contribution >= 0.6 is 27.5 Å². The molecule has 2 aromatic rings. The SMILES string of the molecule is O=C(NCCOc1ncc(C(F)(F)F)cc1Cl)c1ccccc1Br. The first kappa shape index (κ1) is 18.5. The number of halogens is 5. The van der Waals surface area contributed by atoms with E-state index in [4.69, 9.17) is 16.3 Å². The summed E-state index contributed by atoms with van der Waals surface area (Å²) in [4.78, 5) is 15.5. The molecule has 1 aromatic heterocycles. The van der Waals surface area contributed by atoms with Crippen molar-refractivity contribution >= 4 is 33.4 Å². The molecule has 0 atom stereocenters. The van der Waals surface area contributed by atoms with E-state index in [0.717, 1.165) is 6.07 Å². The number of ether oxygens (including phenoxy) is 1. The van der Waals surface area contributed by atoms with Gasteiger partial charge in [-0.1, -0.05) is 23.7 Å². The van der Waals surface area contributed by atoms with Gasteiger partial charge in [0, 0.05) is 10.7 Å². The molecular formula is C15H11BrClF3N2O2. The van der Waals surface area contributed by atoms with Crippen molar-refractivity contribution < 1.29 is 22.7 Å². The van der Waals surface area contributed by atoms with Crippen LogP contribution in [0.3, 0.4) is 0 Å². The fourth-order valence-corrected chi connectivity index (χ4v) is 2.43. The van der Waals surface area contributed by atoms with Crippen molar-refractivity contribution in [2.75, 3.05) is 13.2 Å². The number of nitrogens with zero attached hydrogens (tertiary/aromatic N) is 1. The molecule has 1 amide bonds. The number of amides is 1. The Morgan fingerprint density at radius 2 is 2.04 bits per heavy atom. The van der Waals surface area contributed by atoms with Gasteiger partial charge < -0.3 is 10.1 Å². The van der Waals surface area contributed by atoms with Gasteiger partial charge in [0.05, 0.1) is 17.7 Å². The molecule has 0 aliphatic carbocycles. The number of pyridine rings is 1. The third-order valence-electron chi connectivity index (χ3n) is 2.88. The van der Waals surface area contributed by atoms with Crippen LogP contribution in [-0.2, 0) is 6.18 Å². The number of alkyl halides is 3. The first-order chi connectivity index (χ1) is 11.3. The van der Waals surface area contributed by atoms with Gasteiger partial charge in [-0.25, -0.2) is 4.98 Å². The van der Waals surface area contributed by atoms with Crippen molar-refractivity contribution in [3.63, 3.8) is 0 Å². The van der Waals surface area contributed by atoms with Gasteiger partial charge in [-0.2, -0.15) is 13.2 Å². The molecule has 1 N–H and O–H groups in total. The Balaban J connectivity index is 1.87. The quantitative estimate of drug-likeness (QED) is 0.729. The predicted octanol–water partition coefficient (Wildman–Crippen LogP) is 4.33.